The van der Waals surface area contributed by atoms with Gasteiger partial charge in [-0.2, -0.15) is 0 Å². The fraction of sp³-hybridized carbons (Fsp3) is 0.400. The highest BCUT2D eigenvalue weighted by Crippen LogP contribution is 2.04. The summed E-state index contributed by atoms with van der Waals surface area (Å²) in [5, 5.41) is 17.8. The highest BCUT2D eigenvalue weighted by molar-refractivity contribution is 6.58. The van der Waals surface area contributed by atoms with E-state index in [4.69, 9.17) is 10.0 Å². The minimum atomic E-state index is -1.37. The molecule has 2 N–H and O–H groups in total. The lowest BCUT2D eigenvalue weighted by Crippen LogP contribution is -3.00. The fourth-order valence-electron chi connectivity index (χ4n) is 1.34. The van der Waals surface area contributed by atoms with E-state index in [0.29, 0.717) is 5.46 Å². The zero-order valence-corrected chi connectivity index (χ0v) is 10.9. The van der Waals surface area contributed by atoms with Gasteiger partial charge in [0.1, 0.15) is 6.54 Å². The first-order valence-corrected chi connectivity index (χ1v) is 4.64. The standard InChI is InChI=1S/C10H17BNO2.BrH/c1-12(2,3)8-9-4-6-10(7-5-9)11(13)14;/h4-7,13-14H,8H2,1-3H3;1H/q+1;/p-1. The van der Waals surface area contributed by atoms with Crippen molar-refractivity contribution in [1.82, 2.24) is 0 Å². The number of halogens is 1. The Hall–Kier alpha value is -0.355. The van der Waals surface area contributed by atoms with Crippen molar-refractivity contribution in [3.05, 3.63) is 29.8 Å². The first-order valence-electron chi connectivity index (χ1n) is 4.64. The zero-order chi connectivity index (χ0) is 10.8. The highest BCUT2D eigenvalue weighted by Gasteiger charge is 2.12. The maximum absolute atomic E-state index is 8.90. The maximum atomic E-state index is 8.90. The smallest absolute Gasteiger partial charge is 0.488 e. The highest BCUT2D eigenvalue weighted by atomic mass is 79.9. The number of quaternary nitrogens is 1. The molecule has 0 atom stereocenters. The van der Waals surface area contributed by atoms with Crippen molar-refractivity contribution in [3.8, 4) is 0 Å². The normalized spacial score (nSPS) is 10.7. The van der Waals surface area contributed by atoms with Crippen molar-refractivity contribution in [3.63, 3.8) is 0 Å². The molecule has 0 radical (unpaired) electrons. The molecule has 5 heteroatoms. The molecule has 0 amide bonds. The molecule has 0 heterocycles. The molecule has 0 unspecified atom stereocenters. The van der Waals surface area contributed by atoms with Gasteiger partial charge in [0.15, 0.2) is 0 Å². The van der Waals surface area contributed by atoms with Crippen LogP contribution in [0.5, 0.6) is 0 Å². The second-order valence-corrected chi connectivity index (χ2v) is 4.56. The minimum Gasteiger partial charge on any atom is -1.00 e. The van der Waals surface area contributed by atoms with Gasteiger partial charge in [-0.3, -0.25) is 0 Å². The summed E-state index contributed by atoms with van der Waals surface area (Å²) in [7, 11) is 4.99. The Bertz CT molecular complexity index is 295. The number of rotatable bonds is 3. The Kier molecular flexibility index (Phi) is 5.52. The van der Waals surface area contributed by atoms with E-state index in [1.165, 1.54) is 5.56 Å². The third kappa shape index (κ3) is 5.32. The van der Waals surface area contributed by atoms with Crippen LogP contribution >= 0.6 is 0 Å². The lowest BCUT2D eigenvalue weighted by molar-refractivity contribution is -0.884. The zero-order valence-electron chi connectivity index (χ0n) is 9.31. The molecule has 0 aliphatic rings. The van der Waals surface area contributed by atoms with Crippen LogP contribution in [-0.4, -0.2) is 42.8 Å². The maximum Gasteiger partial charge on any atom is 0.488 e. The lowest BCUT2D eigenvalue weighted by Gasteiger charge is -2.23. The summed E-state index contributed by atoms with van der Waals surface area (Å²) in [5.74, 6) is 0. The molecule has 0 spiro atoms. The Morgan fingerprint density at radius 2 is 1.53 bits per heavy atom. The molecule has 84 valence electrons. The summed E-state index contributed by atoms with van der Waals surface area (Å²) in [4.78, 5) is 0. The predicted molar refractivity (Wildman–Crippen MR) is 58.0 cm³/mol. The average molecular weight is 274 g/mol. The van der Waals surface area contributed by atoms with Crippen molar-refractivity contribution in [2.75, 3.05) is 21.1 Å². The number of nitrogens with zero attached hydrogens (tertiary/aromatic N) is 1. The topological polar surface area (TPSA) is 40.5 Å². The van der Waals surface area contributed by atoms with Crippen molar-refractivity contribution < 1.29 is 31.5 Å². The molecule has 0 aromatic heterocycles. The van der Waals surface area contributed by atoms with E-state index < -0.39 is 7.12 Å². The minimum absolute atomic E-state index is 0. The molecule has 0 bridgehead atoms. The number of hydrogen-bond donors (Lipinski definition) is 2. The number of benzene rings is 1. The van der Waals surface area contributed by atoms with Crippen molar-refractivity contribution in [2.24, 2.45) is 0 Å². The molecule has 1 aromatic carbocycles. The van der Waals surface area contributed by atoms with Crippen molar-refractivity contribution in [2.45, 2.75) is 6.54 Å². The van der Waals surface area contributed by atoms with Gasteiger partial charge >= 0.3 is 7.12 Å². The van der Waals surface area contributed by atoms with Crippen LogP contribution in [0.4, 0.5) is 0 Å². The first kappa shape index (κ1) is 14.6. The molecular formula is C10H17BBrNO2. The van der Waals surface area contributed by atoms with Gasteiger partial charge in [-0.25, -0.2) is 0 Å². The van der Waals surface area contributed by atoms with Gasteiger partial charge in [0.25, 0.3) is 0 Å². The molecule has 0 fully saturated rings. The predicted octanol–water partition coefficient (Wildman–Crippen LogP) is -3.42. The summed E-state index contributed by atoms with van der Waals surface area (Å²) in [6.07, 6.45) is 0. The van der Waals surface area contributed by atoms with E-state index >= 15 is 0 Å². The quantitative estimate of drug-likeness (QED) is 0.445. The van der Waals surface area contributed by atoms with E-state index in [0.717, 1.165) is 11.0 Å². The molecule has 1 aromatic rings. The van der Waals surface area contributed by atoms with Crippen LogP contribution in [0.25, 0.3) is 0 Å². The summed E-state index contributed by atoms with van der Waals surface area (Å²) in [6, 6.07) is 7.35. The Labute approximate surface area is 102 Å². The summed E-state index contributed by atoms with van der Waals surface area (Å²) in [5.41, 5.74) is 1.73. The van der Waals surface area contributed by atoms with Gasteiger partial charge < -0.3 is 31.5 Å². The van der Waals surface area contributed by atoms with Crippen LogP contribution in [0.3, 0.4) is 0 Å². The number of hydrogen-bond acceptors (Lipinski definition) is 2. The molecular weight excluding hydrogens is 257 g/mol. The lowest BCUT2D eigenvalue weighted by atomic mass is 9.80. The van der Waals surface area contributed by atoms with E-state index in [1.54, 1.807) is 12.1 Å². The molecule has 3 nitrogen and oxygen atoms in total. The van der Waals surface area contributed by atoms with Crippen LogP contribution in [0.1, 0.15) is 5.56 Å². The Morgan fingerprint density at radius 3 is 1.87 bits per heavy atom. The van der Waals surface area contributed by atoms with Gasteiger partial charge in [-0.15, -0.1) is 0 Å². The van der Waals surface area contributed by atoms with Crippen LogP contribution < -0.4 is 22.4 Å². The first-order chi connectivity index (χ1) is 6.38. The van der Waals surface area contributed by atoms with Crippen LogP contribution in [-0.2, 0) is 6.54 Å². The molecule has 0 aliphatic heterocycles. The third-order valence-electron chi connectivity index (χ3n) is 1.93. The van der Waals surface area contributed by atoms with Crippen molar-refractivity contribution in [1.29, 1.82) is 0 Å². The Balaban J connectivity index is 0.00000196. The van der Waals surface area contributed by atoms with Gasteiger partial charge in [0.05, 0.1) is 21.1 Å². The van der Waals surface area contributed by atoms with Crippen LogP contribution in [0.2, 0.25) is 0 Å². The second kappa shape index (κ2) is 5.65. The molecule has 0 aliphatic carbocycles. The van der Waals surface area contributed by atoms with Gasteiger partial charge in [0, 0.05) is 5.56 Å². The molecule has 0 saturated heterocycles. The summed E-state index contributed by atoms with van der Waals surface area (Å²) < 4.78 is 0.862. The van der Waals surface area contributed by atoms with Gasteiger partial charge in [0.2, 0.25) is 0 Å². The van der Waals surface area contributed by atoms with Crippen LogP contribution in [0, 0.1) is 0 Å². The Morgan fingerprint density at radius 1 is 1.07 bits per heavy atom. The van der Waals surface area contributed by atoms with Gasteiger partial charge in [-0.05, 0) is 5.46 Å². The van der Waals surface area contributed by atoms with E-state index in [2.05, 4.69) is 21.1 Å². The average Bonchev–Trinajstić information content (AvgIpc) is 2.02. The van der Waals surface area contributed by atoms with E-state index in [1.807, 2.05) is 12.1 Å². The van der Waals surface area contributed by atoms with Crippen LogP contribution in [0.15, 0.2) is 24.3 Å². The summed E-state index contributed by atoms with van der Waals surface area (Å²) in [6.45, 7) is 0.932. The largest absolute Gasteiger partial charge is 1.00 e. The molecule has 1 rings (SSSR count). The van der Waals surface area contributed by atoms with E-state index in [-0.39, 0.29) is 17.0 Å². The molecule has 15 heavy (non-hydrogen) atoms. The monoisotopic (exact) mass is 273 g/mol. The molecule has 0 saturated carbocycles. The SMILES string of the molecule is C[N+](C)(C)Cc1ccc(B(O)O)cc1.[Br-]. The second-order valence-electron chi connectivity index (χ2n) is 4.56. The van der Waals surface area contributed by atoms with Crippen molar-refractivity contribution >= 4 is 12.6 Å². The third-order valence-corrected chi connectivity index (χ3v) is 1.93. The van der Waals surface area contributed by atoms with E-state index in [9.17, 15) is 0 Å². The van der Waals surface area contributed by atoms with Gasteiger partial charge in [-0.1, -0.05) is 24.3 Å². The fourth-order valence-corrected chi connectivity index (χ4v) is 1.34. The summed E-state index contributed by atoms with van der Waals surface area (Å²) >= 11 is 0.